The zero-order chi connectivity index (χ0) is 23.8. The van der Waals surface area contributed by atoms with Gasteiger partial charge < -0.3 is 10.1 Å². The SMILES string of the molecule is CC1(C)CC(=O)c2c(S(C)(=O)=O)sc(C(=O)Nc3cccc(OCc4ccccc4)c3)c2C1. The van der Waals surface area contributed by atoms with E-state index in [2.05, 4.69) is 5.32 Å². The molecule has 0 saturated carbocycles. The van der Waals surface area contributed by atoms with Crippen LogP contribution in [0, 0.1) is 5.41 Å². The topological polar surface area (TPSA) is 89.5 Å². The van der Waals surface area contributed by atoms with Crippen LogP contribution in [-0.2, 0) is 22.9 Å². The normalized spacial score (nSPS) is 15.1. The van der Waals surface area contributed by atoms with E-state index in [9.17, 15) is 18.0 Å². The molecule has 0 unspecified atom stereocenters. The van der Waals surface area contributed by atoms with E-state index in [0.717, 1.165) is 23.2 Å². The van der Waals surface area contributed by atoms with Gasteiger partial charge in [0.1, 0.15) is 16.6 Å². The molecule has 33 heavy (non-hydrogen) atoms. The number of anilines is 1. The van der Waals surface area contributed by atoms with E-state index in [1.54, 1.807) is 24.3 Å². The summed E-state index contributed by atoms with van der Waals surface area (Å²) >= 11 is 0.874. The van der Waals surface area contributed by atoms with Crippen molar-refractivity contribution in [2.45, 2.75) is 37.5 Å². The van der Waals surface area contributed by atoms with E-state index in [1.165, 1.54) is 0 Å². The number of fused-ring (bicyclic) bond motifs is 1. The second kappa shape index (κ2) is 8.76. The third-order valence-corrected chi connectivity index (χ3v) is 8.49. The molecule has 0 atom stereocenters. The van der Waals surface area contributed by atoms with Crippen LogP contribution >= 0.6 is 11.3 Å². The molecule has 0 bridgehead atoms. The highest BCUT2D eigenvalue weighted by atomic mass is 32.2. The predicted molar refractivity (Wildman–Crippen MR) is 129 cm³/mol. The van der Waals surface area contributed by atoms with Crippen molar-refractivity contribution in [2.75, 3.05) is 11.6 Å². The number of ketones is 1. The third-order valence-electron chi connectivity index (χ3n) is 5.43. The molecule has 4 rings (SSSR count). The molecule has 1 amide bonds. The highest BCUT2D eigenvalue weighted by molar-refractivity contribution is 7.92. The summed E-state index contributed by atoms with van der Waals surface area (Å²) in [5.74, 6) is -0.0665. The fourth-order valence-electron chi connectivity index (χ4n) is 3.99. The molecule has 0 fully saturated rings. The number of carbonyl (C=O) groups excluding carboxylic acids is 2. The first kappa shape index (κ1) is 23.2. The number of amides is 1. The van der Waals surface area contributed by atoms with E-state index in [1.807, 2.05) is 44.2 Å². The maximum absolute atomic E-state index is 13.2. The summed E-state index contributed by atoms with van der Waals surface area (Å²) in [7, 11) is -3.64. The van der Waals surface area contributed by atoms with Crippen LogP contribution in [0.5, 0.6) is 5.75 Å². The molecule has 6 nitrogen and oxygen atoms in total. The Bertz CT molecular complexity index is 1320. The van der Waals surface area contributed by atoms with Gasteiger partial charge in [0, 0.05) is 24.4 Å². The number of nitrogens with one attached hydrogen (secondary N) is 1. The van der Waals surface area contributed by atoms with Crippen molar-refractivity contribution in [1.82, 2.24) is 0 Å². The second-order valence-electron chi connectivity index (χ2n) is 9.04. The average molecular weight is 484 g/mol. The van der Waals surface area contributed by atoms with Crippen molar-refractivity contribution >= 4 is 38.6 Å². The first-order valence-corrected chi connectivity index (χ1v) is 13.2. The Kier molecular flexibility index (Phi) is 6.16. The van der Waals surface area contributed by atoms with Gasteiger partial charge >= 0.3 is 0 Å². The van der Waals surface area contributed by atoms with Crippen molar-refractivity contribution in [3.63, 3.8) is 0 Å². The maximum Gasteiger partial charge on any atom is 0.266 e. The second-order valence-corrected chi connectivity index (χ2v) is 12.3. The Morgan fingerprint density at radius 3 is 2.52 bits per heavy atom. The smallest absolute Gasteiger partial charge is 0.266 e. The van der Waals surface area contributed by atoms with Crippen molar-refractivity contribution in [3.05, 3.63) is 76.2 Å². The number of carbonyl (C=O) groups is 2. The first-order chi connectivity index (χ1) is 15.5. The minimum atomic E-state index is -3.64. The molecule has 1 aromatic heterocycles. The average Bonchev–Trinajstić information content (AvgIpc) is 3.12. The molecule has 172 valence electrons. The van der Waals surface area contributed by atoms with Gasteiger partial charge in [-0.05, 0) is 35.1 Å². The van der Waals surface area contributed by atoms with Crippen molar-refractivity contribution in [2.24, 2.45) is 5.41 Å². The number of benzene rings is 2. The van der Waals surface area contributed by atoms with Crippen LogP contribution in [0.3, 0.4) is 0 Å². The summed E-state index contributed by atoms with van der Waals surface area (Å²) in [6, 6.07) is 16.8. The predicted octanol–water partition coefficient (Wildman–Crippen LogP) is 5.14. The molecule has 1 aliphatic carbocycles. The molecule has 0 aliphatic heterocycles. The van der Waals surface area contributed by atoms with Gasteiger partial charge in [-0.15, -0.1) is 11.3 Å². The lowest BCUT2D eigenvalue weighted by Crippen LogP contribution is -2.28. The van der Waals surface area contributed by atoms with Gasteiger partial charge in [-0.1, -0.05) is 50.2 Å². The molecule has 1 aliphatic rings. The van der Waals surface area contributed by atoms with Gasteiger partial charge in [-0.3, -0.25) is 9.59 Å². The Hall–Kier alpha value is -2.97. The quantitative estimate of drug-likeness (QED) is 0.524. The Morgan fingerprint density at radius 1 is 1.09 bits per heavy atom. The summed E-state index contributed by atoms with van der Waals surface area (Å²) in [5, 5.41) is 2.84. The third kappa shape index (κ3) is 5.17. The monoisotopic (exact) mass is 483 g/mol. The summed E-state index contributed by atoms with van der Waals surface area (Å²) < 4.78 is 30.5. The van der Waals surface area contributed by atoms with E-state index in [0.29, 0.717) is 30.0 Å². The highest BCUT2D eigenvalue weighted by Gasteiger charge is 2.39. The summed E-state index contributed by atoms with van der Waals surface area (Å²) in [4.78, 5) is 26.2. The standard InChI is InChI=1S/C25H25NO5S2/c1-25(2)13-19-21(20(27)14-25)24(33(3,29)30)32-22(19)23(28)26-17-10-7-11-18(12-17)31-15-16-8-5-4-6-9-16/h4-12H,13-15H2,1-3H3,(H,26,28). The molecular weight excluding hydrogens is 458 g/mol. The fraction of sp³-hybridized carbons (Fsp3) is 0.280. The van der Waals surface area contributed by atoms with Crippen molar-refractivity contribution in [1.29, 1.82) is 0 Å². The lowest BCUT2D eigenvalue weighted by Gasteiger charge is -2.29. The van der Waals surface area contributed by atoms with E-state index < -0.39 is 15.7 Å². The zero-order valence-corrected chi connectivity index (χ0v) is 20.3. The molecule has 3 aromatic rings. The molecule has 8 heteroatoms. The lowest BCUT2D eigenvalue weighted by atomic mass is 9.74. The number of sulfone groups is 1. The first-order valence-electron chi connectivity index (χ1n) is 10.5. The fourth-order valence-corrected chi connectivity index (χ4v) is 6.42. The summed E-state index contributed by atoms with van der Waals surface area (Å²) in [5.41, 5.74) is 1.91. The Labute approximate surface area is 197 Å². The van der Waals surface area contributed by atoms with Gasteiger partial charge in [-0.25, -0.2) is 8.42 Å². The van der Waals surface area contributed by atoms with Crippen LogP contribution in [0.25, 0.3) is 0 Å². The number of thiophene rings is 1. The minimum Gasteiger partial charge on any atom is -0.489 e. The highest BCUT2D eigenvalue weighted by Crippen LogP contribution is 2.43. The maximum atomic E-state index is 13.2. The molecule has 0 radical (unpaired) electrons. The van der Waals surface area contributed by atoms with Crippen molar-refractivity contribution < 1.29 is 22.7 Å². The number of hydrogen-bond donors (Lipinski definition) is 1. The number of Topliss-reactive ketones (excluding diaryl/α,β-unsaturated/α-hetero) is 1. The van der Waals surface area contributed by atoms with Gasteiger partial charge in [0.25, 0.3) is 5.91 Å². The molecular formula is C25H25NO5S2. The van der Waals surface area contributed by atoms with Gasteiger partial charge in [-0.2, -0.15) is 0 Å². The van der Waals surface area contributed by atoms with Gasteiger partial charge in [0.15, 0.2) is 15.6 Å². The van der Waals surface area contributed by atoms with E-state index >= 15 is 0 Å². The summed E-state index contributed by atoms with van der Waals surface area (Å²) in [6.45, 7) is 4.29. The molecule has 1 N–H and O–H groups in total. The number of rotatable bonds is 6. The van der Waals surface area contributed by atoms with Crippen LogP contribution in [0.2, 0.25) is 0 Å². The Morgan fingerprint density at radius 2 is 1.82 bits per heavy atom. The van der Waals surface area contributed by atoms with Crippen LogP contribution in [0.4, 0.5) is 5.69 Å². The largest absolute Gasteiger partial charge is 0.489 e. The molecule has 2 aromatic carbocycles. The van der Waals surface area contributed by atoms with Crippen molar-refractivity contribution in [3.8, 4) is 5.75 Å². The molecule has 0 saturated heterocycles. The van der Waals surface area contributed by atoms with E-state index in [-0.39, 0.29) is 32.3 Å². The van der Waals surface area contributed by atoms with Crippen LogP contribution < -0.4 is 10.1 Å². The molecule has 1 heterocycles. The van der Waals surface area contributed by atoms with Crippen LogP contribution in [0.15, 0.2) is 58.8 Å². The zero-order valence-electron chi connectivity index (χ0n) is 18.7. The summed E-state index contributed by atoms with van der Waals surface area (Å²) in [6.07, 6.45) is 1.78. The van der Waals surface area contributed by atoms with E-state index in [4.69, 9.17) is 4.74 Å². The lowest BCUT2D eigenvalue weighted by molar-refractivity contribution is 0.0909. The minimum absolute atomic E-state index is 0.0249. The van der Waals surface area contributed by atoms with Crippen LogP contribution in [-0.4, -0.2) is 26.4 Å². The molecule has 0 spiro atoms. The van der Waals surface area contributed by atoms with Gasteiger partial charge in [0.05, 0.1) is 10.4 Å². The van der Waals surface area contributed by atoms with Gasteiger partial charge in [0.2, 0.25) is 0 Å². The van der Waals surface area contributed by atoms with Crippen LogP contribution in [0.1, 0.15) is 51.4 Å². The Balaban J connectivity index is 1.60. The number of hydrogen-bond acceptors (Lipinski definition) is 6. The number of ether oxygens (including phenoxy) is 1.